The molecule has 5 rings (SSSR count). The number of piperidine rings is 1. The van der Waals surface area contributed by atoms with Crippen molar-refractivity contribution in [3.05, 3.63) is 53.6 Å². The van der Waals surface area contributed by atoms with Crippen molar-refractivity contribution >= 4 is 34.3 Å². The molecular formula is C30H40N6O. The monoisotopic (exact) mass is 500 g/mol. The summed E-state index contributed by atoms with van der Waals surface area (Å²) >= 11 is 0. The average molecular weight is 501 g/mol. The summed E-state index contributed by atoms with van der Waals surface area (Å²) in [6, 6.07) is 15.1. The van der Waals surface area contributed by atoms with Gasteiger partial charge < -0.3 is 20.4 Å². The minimum atomic E-state index is 0.113. The summed E-state index contributed by atoms with van der Waals surface area (Å²) in [7, 11) is 3.90. The Morgan fingerprint density at radius 1 is 0.973 bits per heavy atom. The molecule has 0 unspecified atom stereocenters. The molecule has 2 aliphatic rings. The number of nitrogens with zero attached hydrogens (tertiary/aromatic N) is 4. The van der Waals surface area contributed by atoms with Crippen molar-refractivity contribution in [1.82, 2.24) is 14.9 Å². The van der Waals surface area contributed by atoms with Crippen LogP contribution < -0.4 is 15.5 Å². The molecule has 0 bridgehead atoms. The van der Waals surface area contributed by atoms with Gasteiger partial charge in [0.1, 0.15) is 5.82 Å². The molecule has 37 heavy (non-hydrogen) atoms. The number of fused-ring (bicyclic) bond motifs is 1. The summed E-state index contributed by atoms with van der Waals surface area (Å²) in [4.78, 5) is 26.9. The Bertz CT molecular complexity index is 1210. The van der Waals surface area contributed by atoms with E-state index in [1.165, 1.54) is 37.7 Å². The van der Waals surface area contributed by atoms with Gasteiger partial charge in [-0.25, -0.2) is 4.98 Å². The van der Waals surface area contributed by atoms with E-state index >= 15 is 0 Å². The molecule has 0 radical (unpaired) electrons. The van der Waals surface area contributed by atoms with Gasteiger partial charge in [0.2, 0.25) is 11.9 Å². The first-order valence-electron chi connectivity index (χ1n) is 13.8. The number of carbonyl (C=O) groups excluding carboxylic acids is 1. The standard InChI is InChI=1S/C30H40N6O/c1-21-9-14-26-27(19-21)33-30(35(2)3)34-28(26)31-20-22-10-12-24(13-11-22)32-29(37)23-15-17-36(18-16-23)25-7-5-4-6-8-25/h9-14,19,23,25H,4-8,15-18,20H2,1-3H3,(H,32,37)(H,31,33,34). The van der Waals surface area contributed by atoms with Crippen LogP contribution in [0.25, 0.3) is 10.9 Å². The van der Waals surface area contributed by atoms with Crippen molar-refractivity contribution in [3.63, 3.8) is 0 Å². The molecule has 1 amide bonds. The molecule has 1 aromatic heterocycles. The van der Waals surface area contributed by atoms with E-state index < -0.39 is 0 Å². The Labute approximate surface area is 220 Å². The quantitative estimate of drug-likeness (QED) is 0.440. The highest BCUT2D eigenvalue weighted by Gasteiger charge is 2.29. The summed E-state index contributed by atoms with van der Waals surface area (Å²) in [5.74, 6) is 1.78. The number of likely N-dealkylation sites (tertiary alicyclic amines) is 1. The number of carbonyl (C=O) groups is 1. The van der Waals surface area contributed by atoms with Crippen molar-refractivity contribution in [2.75, 3.05) is 42.7 Å². The molecule has 2 heterocycles. The van der Waals surface area contributed by atoms with Gasteiger partial charge in [0.05, 0.1) is 5.52 Å². The summed E-state index contributed by atoms with van der Waals surface area (Å²) in [6.07, 6.45) is 8.71. The number of aryl methyl sites for hydroxylation is 1. The van der Waals surface area contributed by atoms with Gasteiger partial charge >= 0.3 is 0 Å². The van der Waals surface area contributed by atoms with Gasteiger partial charge in [-0.3, -0.25) is 4.79 Å². The number of anilines is 3. The van der Waals surface area contributed by atoms with E-state index in [0.29, 0.717) is 12.5 Å². The minimum absolute atomic E-state index is 0.113. The van der Waals surface area contributed by atoms with Gasteiger partial charge in [-0.05, 0) is 81.1 Å². The lowest BCUT2D eigenvalue weighted by Gasteiger charge is -2.38. The summed E-state index contributed by atoms with van der Waals surface area (Å²) in [6.45, 7) is 4.83. The molecule has 1 saturated heterocycles. The van der Waals surface area contributed by atoms with E-state index in [-0.39, 0.29) is 11.8 Å². The Balaban J connectivity index is 1.16. The lowest BCUT2D eigenvalue weighted by Crippen LogP contribution is -2.44. The predicted molar refractivity (Wildman–Crippen MR) is 152 cm³/mol. The van der Waals surface area contributed by atoms with Gasteiger partial charge in [0.25, 0.3) is 0 Å². The molecular weight excluding hydrogens is 460 g/mol. The molecule has 7 heteroatoms. The second-order valence-corrected chi connectivity index (χ2v) is 10.9. The lowest BCUT2D eigenvalue weighted by atomic mass is 9.90. The summed E-state index contributed by atoms with van der Waals surface area (Å²) in [5, 5.41) is 7.65. The second kappa shape index (κ2) is 11.5. The SMILES string of the molecule is Cc1ccc2c(NCc3ccc(NC(=O)C4CCN(C5CCCCC5)CC4)cc3)nc(N(C)C)nc2c1. The maximum absolute atomic E-state index is 12.9. The second-order valence-electron chi connectivity index (χ2n) is 10.9. The number of rotatable bonds is 7. The number of aromatic nitrogens is 2. The predicted octanol–water partition coefficient (Wildman–Crippen LogP) is 5.60. The van der Waals surface area contributed by atoms with Crippen LogP contribution in [0.4, 0.5) is 17.5 Å². The zero-order valence-corrected chi connectivity index (χ0v) is 22.5. The summed E-state index contributed by atoms with van der Waals surface area (Å²) in [5.41, 5.74) is 4.10. The third kappa shape index (κ3) is 6.21. The van der Waals surface area contributed by atoms with E-state index in [1.54, 1.807) is 0 Å². The zero-order valence-electron chi connectivity index (χ0n) is 22.5. The number of hydrogen-bond donors (Lipinski definition) is 2. The highest BCUT2D eigenvalue weighted by atomic mass is 16.1. The van der Waals surface area contributed by atoms with E-state index in [0.717, 1.165) is 59.9 Å². The average Bonchev–Trinajstić information content (AvgIpc) is 2.92. The van der Waals surface area contributed by atoms with Crippen molar-refractivity contribution < 1.29 is 4.79 Å². The van der Waals surface area contributed by atoms with Gasteiger partial charge in [0, 0.05) is 43.7 Å². The molecule has 2 N–H and O–H groups in total. The maximum atomic E-state index is 12.9. The molecule has 7 nitrogen and oxygen atoms in total. The van der Waals surface area contributed by atoms with Crippen LogP contribution in [0.5, 0.6) is 0 Å². The van der Waals surface area contributed by atoms with E-state index in [2.05, 4.69) is 57.8 Å². The van der Waals surface area contributed by atoms with Crippen LogP contribution in [0, 0.1) is 12.8 Å². The van der Waals surface area contributed by atoms with Gasteiger partial charge in [0.15, 0.2) is 0 Å². The van der Waals surface area contributed by atoms with Gasteiger partial charge in [-0.15, -0.1) is 0 Å². The number of benzene rings is 2. The molecule has 1 saturated carbocycles. The van der Waals surface area contributed by atoms with Crippen molar-refractivity contribution in [2.45, 2.75) is 64.5 Å². The smallest absolute Gasteiger partial charge is 0.227 e. The third-order valence-electron chi connectivity index (χ3n) is 7.91. The zero-order chi connectivity index (χ0) is 25.8. The molecule has 196 valence electrons. The molecule has 0 atom stereocenters. The van der Waals surface area contributed by atoms with E-state index in [9.17, 15) is 4.79 Å². The Morgan fingerprint density at radius 3 is 2.41 bits per heavy atom. The van der Waals surface area contributed by atoms with Crippen LogP contribution in [0.1, 0.15) is 56.1 Å². The normalized spacial score (nSPS) is 17.6. The van der Waals surface area contributed by atoms with Gasteiger partial charge in [-0.1, -0.05) is 37.5 Å². The lowest BCUT2D eigenvalue weighted by molar-refractivity contribution is -0.121. The van der Waals surface area contributed by atoms with Crippen LogP contribution >= 0.6 is 0 Å². The maximum Gasteiger partial charge on any atom is 0.227 e. The van der Waals surface area contributed by atoms with Crippen LogP contribution in [0.3, 0.4) is 0 Å². The largest absolute Gasteiger partial charge is 0.365 e. The van der Waals surface area contributed by atoms with E-state index in [1.807, 2.05) is 31.1 Å². The number of nitrogens with one attached hydrogen (secondary N) is 2. The fourth-order valence-corrected chi connectivity index (χ4v) is 5.67. The molecule has 3 aromatic rings. The van der Waals surface area contributed by atoms with Gasteiger partial charge in [-0.2, -0.15) is 4.98 Å². The van der Waals surface area contributed by atoms with Crippen LogP contribution in [-0.4, -0.2) is 54.0 Å². The highest BCUT2D eigenvalue weighted by Crippen LogP contribution is 2.28. The number of amides is 1. The Hall–Kier alpha value is -3.19. The number of hydrogen-bond acceptors (Lipinski definition) is 6. The van der Waals surface area contributed by atoms with Crippen LogP contribution in [-0.2, 0) is 11.3 Å². The topological polar surface area (TPSA) is 73.4 Å². The van der Waals surface area contributed by atoms with Crippen molar-refractivity contribution in [3.8, 4) is 0 Å². The first kappa shape index (κ1) is 25.5. The first-order valence-corrected chi connectivity index (χ1v) is 13.8. The molecule has 0 spiro atoms. The van der Waals surface area contributed by atoms with Crippen molar-refractivity contribution in [2.24, 2.45) is 5.92 Å². The third-order valence-corrected chi connectivity index (χ3v) is 7.91. The van der Waals surface area contributed by atoms with Crippen LogP contribution in [0.2, 0.25) is 0 Å². The molecule has 2 aromatic carbocycles. The van der Waals surface area contributed by atoms with Crippen LogP contribution in [0.15, 0.2) is 42.5 Å². The fraction of sp³-hybridized carbons (Fsp3) is 0.500. The fourth-order valence-electron chi connectivity index (χ4n) is 5.67. The summed E-state index contributed by atoms with van der Waals surface area (Å²) < 4.78 is 0. The molecule has 1 aliphatic carbocycles. The highest BCUT2D eigenvalue weighted by molar-refractivity contribution is 5.92. The Morgan fingerprint density at radius 2 is 1.70 bits per heavy atom. The minimum Gasteiger partial charge on any atom is -0.365 e. The van der Waals surface area contributed by atoms with Crippen molar-refractivity contribution in [1.29, 1.82) is 0 Å². The van der Waals surface area contributed by atoms with E-state index in [4.69, 9.17) is 4.98 Å². The molecule has 2 fully saturated rings. The Kier molecular flexibility index (Phi) is 7.89. The first-order chi connectivity index (χ1) is 18.0. The molecule has 1 aliphatic heterocycles.